The average molecular weight is 406 g/mol. The molecule has 0 spiro atoms. The van der Waals surface area contributed by atoms with Gasteiger partial charge < -0.3 is 19.6 Å². The molecule has 7 heteroatoms. The zero-order valence-corrected chi connectivity index (χ0v) is 17.2. The minimum atomic E-state index is 0.0552. The maximum atomic E-state index is 12.1. The van der Waals surface area contributed by atoms with Gasteiger partial charge in [0.25, 0.3) is 0 Å². The summed E-state index contributed by atoms with van der Waals surface area (Å²) in [7, 11) is 3.94. The number of carbonyl (C=O) groups is 1. The normalized spacial score (nSPS) is 14.6. The fourth-order valence-corrected chi connectivity index (χ4v) is 3.49. The molecule has 0 atom stereocenters. The molecular weight excluding hydrogens is 380 g/mol. The molecule has 0 radical (unpaired) electrons. The van der Waals surface area contributed by atoms with Crippen molar-refractivity contribution in [3.8, 4) is 22.6 Å². The third kappa shape index (κ3) is 4.46. The number of aromatic hydroxyl groups is 1. The van der Waals surface area contributed by atoms with Crippen LogP contribution in [0.3, 0.4) is 0 Å². The number of nitrogens with one attached hydrogen (secondary N) is 1. The van der Waals surface area contributed by atoms with Gasteiger partial charge in [-0.05, 0) is 49.5 Å². The van der Waals surface area contributed by atoms with Crippen molar-refractivity contribution in [3.05, 3.63) is 54.7 Å². The first kappa shape index (κ1) is 20.0. The number of benzene rings is 2. The van der Waals surface area contributed by atoms with Crippen LogP contribution in [0.25, 0.3) is 22.0 Å². The van der Waals surface area contributed by atoms with Crippen molar-refractivity contribution in [1.29, 1.82) is 0 Å². The molecule has 1 amide bonds. The number of hydrogen-bond donors (Lipinski definition) is 2. The Hall–Kier alpha value is -3.32. The number of likely N-dealkylation sites (N-methyl/N-ethyl adjacent to an activating group) is 1. The Morgan fingerprint density at radius 1 is 1.27 bits per heavy atom. The number of H-pyrrole nitrogens is 1. The van der Waals surface area contributed by atoms with Gasteiger partial charge in [-0.3, -0.25) is 9.89 Å². The van der Waals surface area contributed by atoms with Crippen LogP contribution in [0.2, 0.25) is 0 Å². The zero-order chi connectivity index (χ0) is 21.1. The molecule has 1 aromatic heterocycles. The standard InChI is InChI=1S/C23H26N4O3/c1-26(2)9-3-4-23(29)27-13-16(14-27)15-30-22-11-18(10-21-20(22)12-24-25-21)17-5-7-19(28)8-6-17/h3-8,10-12,16,28H,9,13-15H2,1-2H3,(H,24,25)/b4-3+. The highest BCUT2D eigenvalue weighted by molar-refractivity contribution is 5.90. The third-order valence-corrected chi connectivity index (χ3v) is 5.20. The van der Waals surface area contributed by atoms with E-state index in [0.717, 1.165) is 34.3 Å². The van der Waals surface area contributed by atoms with Gasteiger partial charge in [0.15, 0.2) is 0 Å². The highest BCUT2D eigenvalue weighted by Gasteiger charge is 2.30. The molecule has 7 nitrogen and oxygen atoms in total. The number of phenols is 1. The van der Waals surface area contributed by atoms with Crippen molar-refractivity contribution in [2.45, 2.75) is 0 Å². The van der Waals surface area contributed by atoms with Crippen LogP contribution >= 0.6 is 0 Å². The highest BCUT2D eigenvalue weighted by Crippen LogP contribution is 2.33. The Labute approximate surface area is 175 Å². The van der Waals surface area contributed by atoms with Crippen molar-refractivity contribution >= 4 is 16.8 Å². The average Bonchev–Trinajstić information content (AvgIpc) is 3.15. The van der Waals surface area contributed by atoms with Crippen molar-refractivity contribution in [1.82, 2.24) is 20.0 Å². The highest BCUT2D eigenvalue weighted by atomic mass is 16.5. The molecule has 3 aromatic rings. The summed E-state index contributed by atoms with van der Waals surface area (Å²) in [6.45, 7) is 2.71. The predicted molar refractivity (Wildman–Crippen MR) is 116 cm³/mol. The number of likely N-dealkylation sites (tertiary alicyclic amines) is 1. The molecule has 4 rings (SSSR count). The van der Waals surface area contributed by atoms with Crippen molar-refractivity contribution < 1.29 is 14.6 Å². The van der Waals surface area contributed by atoms with E-state index in [4.69, 9.17) is 4.74 Å². The number of nitrogens with zero attached hydrogens (tertiary/aromatic N) is 3. The second kappa shape index (κ2) is 8.59. The number of aromatic amines is 1. The molecule has 2 N–H and O–H groups in total. The lowest BCUT2D eigenvalue weighted by molar-refractivity contribution is -0.132. The summed E-state index contributed by atoms with van der Waals surface area (Å²) >= 11 is 0. The van der Waals surface area contributed by atoms with Gasteiger partial charge in [0.2, 0.25) is 5.91 Å². The van der Waals surface area contributed by atoms with Gasteiger partial charge >= 0.3 is 0 Å². The van der Waals surface area contributed by atoms with E-state index in [1.165, 1.54) is 0 Å². The summed E-state index contributed by atoms with van der Waals surface area (Å²) in [5.74, 6) is 1.37. The summed E-state index contributed by atoms with van der Waals surface area (Å²) in [4.78, 5) is 16.0. The molecule has 30 heavy (non-hydrogen) atoms. The summed E-state index contributed by atoms with van der Waals surface area (Å²) in [5.41, 5.74) is 2.87. The summed E-state index contributed by atoms with van der Waals surface area (Å²) in [6.07, 6.45) is 5.29. The van der Waals surface area contributed by atoms with E-state index < -0.39 is 0 Å². The monoisotopic (exact) mass is 406 g/mol. The molecule has 0 unspecified atom stereocenters. The summed E-state index contributed by atoms with van der Waals surface area (Å²) < 4.78 is 6.14. The number of phenolic OH excluding ortho intramolecular Hbond substituents is 1. The van der Waals surface area contributed by atoms with E-state index in [1.807, 2.05) is 54.2 Å². The van der Waals surface area contributed by atoms with Gasteiger partial charge in [-0.1, -0.05) is 18.2 Å². The van der Waals surface area contributed by atoms with Gasteiger partial charge in [-0.25, -0.2) is 0 Å². The number of amides is 1. The van der Waals surface area contributed by atoms with Crippen molar-refractivity contribution in [2.75, 3.05) is 40.3 Å². The van der Waals surface area contributed by atoms with E-state index in [-0.39, 0.29) is 11.7 Å². The van der Waals surface area contributed by atoms with Gasteiger partial charge in [0, 0.05) is 31.6 Å². The van der Waals surface area contributed by atoms with Crippen LogP contribution in [0.4, 0.5) is 0 Å². The second-order valence-corrected chi connectivity index (χ2v) is 7.94. The second-order valence-electron chi connectivity index (χ2n) is 7.94. The molecule has 2 heterocycles. The number of fused-ring (bicyclic) bond motifs is 1. The number of rotatable bonds is 7. The number of ether oxygens (including phenoxy) is 1. The molecule has 0 saturated carbocycles. The molecule has 1 saturated heterocycles. The fraction of sp³-hybridized carbons (Fsp3) is 0.304. The molecule has 2 aromatic carbocycles. The van der Waals surface area contributed by atoms with Gasteiger partial charge in [0.05, 0.1) is 23.7 Å². The van der Waals surface area contributed by atoms with Crippen molar-refractivity contribution in [2.24, 2.45) is 5.92 Å². The van der Waals surface area contributed by atoms with Crippen LogP contribution in [-0.4, -0.2) is 71.3 Å². The lowest BCUT2D eigenvalue weighted by Gasteiger charge is -2.38. The lowest BCUT2D eigenvalue weighted by Crippen LogP contribution is -2.51. The van der Waals surface area contributed by atoms with E-state index >= 15 is 0 Å². The van der Waals surface area contributed by atoms with Crippen molar-refractivity contribution in [3.63, 3.8) is 0 Å². The van der Waals surface area contributed by atoms with E-state index in [0.29, 0.717) is 25.6 Å². The number of carbonyl (C=O) groups excluding carboxylic acids is 1. The smallest absolute Gasteiger partial charge is 0.246 e. The summed E-state index contributed by atoms with van der Waals surface area (Å²) in [6, 6.07) is 11.1. The molecule has 0 aliphatic carbocycles. The minimum absolute atomic E-state index is 0.0552. The van der Waals surface area contributed by atoms with Crippen LogP contribution < -0.4 is 4.74 Å². The fourth-order valence-electron chi connectivity index (χ4n) is 3.49. The van der Waals surface area contributed by atoms with Crippen LogP contribution in [0.1, 0.15) is 0 Å². The van der Waals surface area contributed by atoms with Gasteiger partial charge in [-0.15, -0.1) is 0 Å². The first-order chi connectivity index (χ1) is 14.5. The Morgan fingerprint density at radius 3 is 2.77 bits per heavy atom. The Balaban J connectivity index is 1.39. The predicted octanol–water partition coefficient (Wildman–Crippen LogP) is 2.89. The van der Waals surface area contributed by atoms with Gasteiger partial charge in [-0.2, -0.15) is 5.10 Å². The maximum absolute atomic E-state index is 12.1. The van der Waals surface area contributed by atoms with E-state index in [9.17, 15) is 9.90 Å². The first-order valence-electron chi connectivity index (χ1n) is 9.99. The topological polar surface area (TPSA) is 81.7 Å². The molecule has 1 aliphatic heterocycles. The molecule has 0 bridgehead atoms. The lowest BCUT2D eigenvalue weighted by atomic mass is 10.0. The largest absolute Gasteiger partial charge is 0.508 e. The zero-order valence-electron chi connectivity index (χ0n) is 17.2. The quantitative estimate of drug-likeness (QED) is 0.590. The Bertz CT molecular complexity index is 1050. The van der Waals surface area contributed by atoms with E-state index in [1.54, 1.807) is 24.4 Å². The van der Waals surface area contributed by atoms with Crippen LogP contribution in [0.5, 0.6) is 11.5 Å². The molecule has 1 fully saturated rings. The SMILES string of the molecule is CN(C)C/C=C/C(=O)N1CC(COc2cc(-c3ccc(O)cc3)cc3[nH]ncc23)C1. The minimum Gasteiger partial charge on any atom is -0.508 e. The Kier molecular flexibility index (Phi) is 5.72. The molecule has 1 aliphatic rings. The molecular formula is C23H26N4O3. The Morgan fingerprint density at radius 2 is 2.03 bits per heavy atom. The number of hydrogen-bond acceptors (Lipinski definition) is 5. The third-order valence-electron chi connectivity index (χ3n) is 5.20. The maximum Gasteiger partial charge on any atom is 0.246 e. The molecule has 156 valence electrons. The summed E-state index contributed by atoms with van der Waals surface area (Å²) in [5, 5.41) is 17.6. The van der Waals surface area contributed by atoms with Gasteiger partial charge in [0.1, 0.15) is 11.5 Å². The first-order valence-corrected chi connectivity index (χ1v) is 9.99. The van der Waals surface area contributed by atoms with E-state index in [2.05, 4.69) is 10.2 Å². The van der Waals surface area contributed by atoms with Crippen LogP contribution in [0, 0.1) is 5.92 Å². The number of aromatic nitrogens is 2. The van der Waals surface area contributed by atoms with Crippen LogP contribution in [0.15, 0.2) is 54.7 Å². The van der Waals surface area contributed by atoms with Crippen LogP contribution in [-0.2, 0) is 4.79 Å².